The molecule has 3 nitrogen and oxygen atoms in total. The molecule has 0 bridgehead atoms. The lowest BCUT2D eigenvalue weighted by Crippen LogP contribution is -2.03. The Morgan fingerprint density at radius 2 is 1.86 bits per heavy atom. The van der Waals surface area contributed by atoms with Crippen LogP contribution in [0.3, 0.4) is 0 Å². The molecule has 0 amide bonds. The van der Waals surface area contributed by atoms with Gasteiger partial charge in [-0.3, -0.25) is 0 Å². The first kappa shape index (κ1) is 11.5. The van der Waals surface area contributed by atoms with E-state index in [-0.39, 0.29) is 0 Å². The molecule has 0 saturated carbocycles. The lowest BCUT2D eigenvalue weighted by Gasteiger charge is -2.07. The molecular formula is C9H13Cl2N3. The van der Waals surface area contributed by atoms with E-state index >= 15 is 0 Å². The topological polar surface area (TPSA) is 37.8 Å². The number of rotatable bonds is 5. The monoisotopic (exact) mass is 233 g/mol. The van der Waals surface area contributed by atoms with Crippen molar-refractivity contribution in [2.45, 2.75) is 26.2 Å². The van der Waals surface area contributed by atoms with Crippen molar-refractivity contribution in [1.29, 1.82) is 0 Å². The van der Waals surface area contributed by atoms with Gasteiger partial charge in [-0.1, -0.05) is 43.0 Å². The van der Waals surface area contributed by atoms with Gasteiger partial charge in [-0.2, -0.15) is 0 Å². The van der Waals surface area contributed by atoms with Gasteiger partial charge in [0, 0.05) is 6.54 Å². The van der Waals surface area contributed by atoms with Crippen molar-refractivity contribution in [3.05, 3.63) is 16.6 Å². The summed E-state index contributed by atoms with van der Waals surface area (Å²) < 4.78 is 0. The van der Waals surface area contributed by atoms with E-state index < -0.39 is 0 Å². The van der Waals surface area contributed by atoms with E-state index in [0.29, 0.717) is 16.0 Å². The maximum absolute atomic E-state index is 5.84. The Kier molecular flexibility index (Phi) is 4.98. The molecule has 0 aliphatic carbocycles. The highest BCUT2D eigenvalue weighted by Gasteiger charge is 2.06. The van der Waals surface area contributed by atoms with E-state index in [1.807, 2.05) is 0 Å². The minimum absolute atomic E-state index is 0.376. The maximum atomic E-state index is 5.84. The van der Waals surface area contributed by atoms with Crippen LogP contribution in [0.1, 0.15) is 26.2 Å². The molecule has 0 atom stereocenters. The van der Waals surface area contributed by atoms with Gasteiger partial charge in [0.1, 0.15) is 12.0 Å². The zero-order valence-electron chi connectivity index (χ0n) is 8.06. The Morgan fingerprint density at radius 3 is 2.43 bits per heavy atom. The molecule has 1 aromatic rings. The fourth-order valence-corrected chi connectivity index (χ4v) is 1.53. The number of aromatic nitrogens is 2. The average Bonchev–Trinajstić information content (AvgIpc) is 2.16. The summed E-state index contributed by atoms with van der Waals surface area (Å²) in [6.45, 7) is 3.01. The van der Waals surface area contributed by atoms with Crippen LogP contribution in [0.4, 0.5) is 5.69 Å². The van der Waals surface area contributed by atoms with Crippen molar-refractivity contribution in [2.24, 2.45) is 0 Å². The van der Waals surface area contributed by atoms with Gasteiger partial charge >= 0.3 is 0 Å². The Hall–Kier alpha value is -0.540. The maximum Gasteiger partial charge on any atom is 0.157 e. The second-order valence-corrected chi connectivity index (χ2v) is 3.68. The first-order valence-corrected chi connectivity index (χ1v) is 5.41. The third kappa shape index (κ3) is 3.31. The molecule has 0 fully saturated rings. The molecule has 0 aliphatic heterocycles. The number of hydrogen-bond donors (Lipinski definition) is 1. The molecule has 78 valence electrons. The van der Waals surface area contributed by atoms with Crippen LogP contribution in [-0.4, -0.2) is 16.5 Å². The predicted molar refractivity (Wildman–Crippen MR) is 60.1 cm³/mol. The van der Waals surface area contributed by atoms with Crippen molar-refractivity contribution >= 4 is 28.9 Å². The highest BCUT2D eigenvalue weighted by atomic mass is 35.5. The van der Waals surface area contributed by atoms with Crippen LogP contribution in [0.2, 0.25) is 10.3 Å². The summed E-state index contributed by atoms with van der Waals surface area (Å²) in [5.41, 5.74) is 0.631. The minimum atomic E-state index is 0.376. The van der Waals surface area contributed by atoms with Crippen LogP contribution in [0.25, 0.3) is 0 Å². The number of hydrogen-bond acceptors (Lipinski definition) is 3. The molecule has 0 spiro atoms. The van der Waals surface area contributed by atoms with Crippen LogP contribution >= 0.6 is 23.2 Å². The molecule has 1 heterocycles. The smallest absolute Gasteiger partial charge is 0.157 e. The largest absolute Gasteiger partial charge is 0.380 e. The standard InChI is InChI=1S/C9H13Cl2N3/c1-2-3-4-5-12-7-8(10)13-6-14-9(7)11/h6,12H,2-5H2,1H3. The molecule has 1 N–H and O–H groups in total. The SMILES string of the molecule is CCCCCNc1c(Cl)ncnc1Cl. The highest BCUT2D eigenvalue weighted by Crippen LogP contribution is 2.25. The molecule has 0 radical (unpaired) electrons. The van der Waals surface area contributed by atoms with Gasteiger partial charge in [-0.15, -0.1) is 0 Å². The van der Waals surface area contributed by atoms with Crippen molar-refractivity contribution in [3.63, 3.8) is 0 Å². The second-order valence-electron chi connectivity index (χ2n) is 2.96. The van der Waals surface area contributed by atoms with Crippen LogP contribution in [0.15, 0.2) is 6.33 Å². The average molecular weight is 234 g/mol. The molecule has 14 heavy (non-hydrogen) atoms. The van der Waals surface area contributed by atoms with Gasteiger partial charge in [-0.05, 0) is 6.42 Å². The van der Waals surface area contributed by atoms with Crippen LogP contribution in [-0.2, 0) is 0 Å². The highest BCUT2D eigenvalue weighted by molar-refractivity contribution is 6.37. The molecule has 1 aromatic heterocycles. The zero-order valence-corrected chi connectivity index (χ0v) is 9.57. The summed E-state index contributed by atoms with van der Waals surface area (Å²) in [7, 11) is 0. The van der Waals surface area contributed by atoms with Gasteiger partial charge in [0.15, 0.2) is 10.3 Å². The van der Waals surface area contributed by atoms with Crippen LogP contribution < -0.4 is 5.32 Å². The summed E-state index contributed by atoms with van der Waals surface area (Å²) >= 11 is 11.7. The number of nitrogens with one attached hydrogen (secondary N) is 1. The second kappa shape index (κ2) is 6.04. The van der Waals surface area contributed by atoms with Crippen molar-refractivity contribution in [3.8, 4) is 0 Å². The summed E-state index contributed by atoms with van der Waals surface area (Å²) in [6.07, 6.45) is 4.82. The Bertz CT molecular complexity index is 271. The Balaban J connectivity index is 2.49. The fourth-order valence-electron chi connectivity index (χ4n) is 1.08. The summed E-state index contributed by atoms with van der Waals surface area (Å²) in [4.78, 5) is 7.69. The first-order chi connectivity index (χ1) is 6.75. The van der Waals surface area contributed by atoms with E-state index in [9.17, 15) is 0 Å². The van der Waals surface area contributed by atoms with Crippen molar-refractivity contribution in [1.82, 2.24) is 9.97 Å². The van der Waals surface area contributed by atoms with E-state index in [4.69, 9.17) is 23.2 Å². The molecule has 1 rings (SSSR count). The number of unbranched alkanes of at least 4 members (excludes halogenated alkanes) is 2. The Labute approximate surface area is 93.9 Å². The molecule has 0 unspecified atom stereocenters. The van der Waals surface area contributed by atoms with Crippen molar-refractivity contribution in [2.75, 3.05) is 11.9 Å². The third-order valence-corrected chi connectivity index (χ3v) is 2.41. The minimum Gasteiger partial charge on any atom is -0.380 e. The molecule has 5 heteroatoms. The normalized spacial score (nSPS) is 10.2. The molecule has 0 aliphatic rings. The van der Waals surface area contributed by atoms with Crippen molar-refractivity contribution < 1.29 is 0 Å². The number of nitrogens with zero attached hydrogens (tertiary/aromatic N) is 2. The quantitative estimate of drug-likeness (QED) is 0.626. The van der Waals surface area contributed by atoms with E-state index in [0.717, 1.165) is 13.0 Å². The molecule has 0 saturated heterocycles. The van der Waals surface area contributed by atoms with E-state index in [1.165, 1.54) is 19.2 Å². The van der Waals surface area contributed by atoms with Gasteiger partial charge < -0.3 is 5.32 Å². The van der Waals surface area contributed by atoms with Gasteiger partial charge in [0.25, 0.3) is 0 Å². The number of halogens is 2. The predicted octanol–water partition coefficient (Wildman–Crippen LogP) is 3.39. The number of anilines is 1. The van der Waals surface area contributed by atoms with Gasteiger partial charge in [-0.25, -0.2) is 9.97 Å². The summed E-state index contributed by atoms with van der Waals surface area (Å²) in [5, 5.41) is 3.88. The van der Waals surface area contributed by atoms with E-state index in [2.05, 4.69) is 22.2 Å². The lowest BCUT2D eigenvalue weighted by atomic mass is 10.2. The third-order valence-electron chi connectivity index (χ3n) is 1.84. The summed E-state index contributed by atoms with van der Waals surface area (Å²) in [6, 6.07) is 0. The van der Waals surface area contributed by atoms with Crippen LogP contribution in [0.5, 0.6) is 0 Å². The zero-order chi connectivity index (χ0) is 10.4. The Morgan fingerprint density at radius 1 is 1.21 bits per heavy atom. The van der Waals surface area contributed by atoms with E-state index in [1.54, 1.807) is 0 Å². The first-order valence-electron chi connectivity index (χ1n) is 4.65. The fraction of sp³-hybridized carbons (Fsp3) is 0.556. The van der Waals surface area contributed by atoms with Crippen LogP contribution in [0, 0.1) is 0 Å². The lowest BCUT2D eigenvalue weighted by molar-refractivity contribution is 0.743. The van der Waals surface area contributed by atoms with Gasteiger partial charge in [0.05, 0.1) is 0 Å². The van der Waals surface area contributed by atoms with Gasteiger partial charge in [0.2, 0.25) is 0 Å². The molecule has 0 aromatic carbocycles. The summed E-state index contributed by atoms with van der Waals surface area (Å²) in [5.74, 6) is 0. The molecular weight excluding hydrogens is 221 g/mol.